The maximum absolute atomic E-state index is 14.1. The highest BCUT2D eigenvalue weighted by molar-refractivity contribution is 8.01. The lowest BCUT2D eigenvalue weighted by Crippen LogP contribution is -2.80. The Morgan fingerprint density at radius 3 is 2.34 bits per heavy atom. The predicted octanol–water partition coefficient (Wildman–Crippen LogP) is 1.48. The van der Waals surface area contributed by atoms with E-state index in [1.165, 1.54) is 40.2 Å². The number of nitrogens with two attached hydrogens (primary N) is 1. The first-order valence-electron chi connectivity index (χ1n) is 13.3. The van der Waals surface area contributed by atoms with E-state index in [0.717, 1.165) is 22.9 Å². The van der Waals surface area contributed by atoms with Crippen LogP contribution in [0.15, 0.2) is 77.1 Å². The number of methoxy groups -OCH3 is 1. The molecule has 0 unspecified atom stereocenters. The Kier molecular flexibility index (Phi) is 9.93. The molecule has 2 aliphatic heterocycles. The third-order valence-corrected chi connectivity index (χ3v) is 10.2. The molecule has 16 heteroatoms. The van der Waals surface area contributed by atoms with E-state index in [2.05, 4.69) is 20.8 Å². The number of nitrogens with one attached hydrogen (secondary N) is 1. The predicted molar refractivity (Wildman–Crippen MR) is 165 cm³/mol. The molecular formula is C28H29N7O6S3. The third-order valence-electron chi connectivity index (χ3n) is 6.81. The zero-order valence-corrected chi connectivity index (χ0v) is 26.2. The minimum atomic E-state index is -1.70. The van der Waals surface area contributed by atoms with Gasteiger partial charge in [-0.25, -0.2) is 9.48 Å². The van der Waals surface area contributed by atoms with Gasteiger partial charge in [-0.05, 0) is 27.1 Å². The van der Waals surface area contributed by atoms with Crippen LogP contribution in [0.5, 0.6) is 0 Å². The summed E-state index contributed by atoms with van der Waals surface area (Å²) in [6.45, 7) is 0. The molecule has 1 saturated heterocycles. The maximum atomic E-state index is 14.1. The maximum Gasteiger partial charge on any atom is 0.356 e. The Hall–Kier alpha value is -3.86. The number of fused-ring (bicyclic) bond motifs is 1. The normalized spacial score (nSPS) is 19.4. The fraction of sp³-hybridized carbons (Fsp3) is 0.321. The van der Waals surface area contributed by atoms with E-state index in [-0.39, 0.29) is 17.2 Å². The van der Waals surface area contributed by atoms with Crippen molar-refractivity contribution >= 4 is 59.0 Å². The molecule has 1 fully saturated rings. The number of carbonyl (C=O) groups is 4. The van der Waals surface area contributed by atoms with Gasteiger partial charge in [0.25, 0.3) is 11.6 Å². The van der Waals surface area contributed by atoms with Crippen molar-refractivity contribution in [2.24, 2.45) is 12.8 Å². The molecular weight excluding hydrogens is 627 g/mol. The Morgan fingerprint density at radius 1 is 1.11 bits per heavy atom. The number of primary amides is 1. The van der Waals surface area contributed by atoms with Crippen LogP contribution in [0, 0.1) is 0 Å². The topological polar surface area (TPSA) is 172 Å². The number of β-lactam (4-membered cyclic amide) rings is 1. The van der Waals surface area contributed by atoms with Gasteiger partial charge in [-0.2, -0.15) is 0 Å². The number of thioether (sulfide) groups is 3. The SMILES string of the molecule is CO[C@@]1(NC(=O)CSCC(N)=O)C(=O)N2C(C(=O)OC(c3ccccc3)c3ccccc3)=C(CSc3nnnn3C)CS[C@@H]21. The number of benzene rings is 2. The largest absolute Gasteiger partial charge is 0.448 e. The van der Waals surface area contributed by atoms with Crippen LogP contribution >= 0.6 is 35.3 Å². The second kappa shape index (κ2) is 13.8. The van der Waals surface area contributed by atoms with Gasteiger partial charge in [-0.15, -0.1) is 28.6 Å². The van der Waals surface area contributed by atoms with Crippen molar-refractivity contribution in [1.29, 1.82) is 0 Å². The molecule has 2 aromatic carbocycles. The number of aromatic nitrogens is 4. The Balaban J connectivity index is 1.45. The number of hydrogen-bond acceptors (Lipinski definition) is 12. The molecule has 0 bridgehead atoms. The van der Waals surface area contributed by atoms with Gasteiger partial charge in [0.1, 0.15) is 11.1 Å². The number of carbonyl (C=O) groups excluding carboxylic acids is 4. The lowest BCUT2D eigenvalue weighted by molar-refractivity contribution is -0.192. The van der Waals surface area contributed by atoms with Gasteiger partial charge in [-0.1, -0.05) is 72.4 Å². The molecule has 0 saturated carbocycles. The van der Waals surface area contributed by atoms with Crippen LogP contribution in [0.2, 0.25) is 0 Å². The first-order chi connectivity index (χ1) is 21.2. The minimum absolute atomic E-state index is 0.0452. The lowest BCUT2D eigenvalue weighted by Gasteiger charge is -2.56. The number of amides is 3. The second-order valence-electron chi connectivity index (χ2n) is 9.72. The van der Waals surface area contributed by atoms with Gasteiger partial charge in [-0.3, -0.25) is 19.3 Å². The van der Waals surface area contributed by atoms with Gasteiger partial charge < -0.3 is 20.5 Å². The second-order valence-corrected chi connectivity index (χ2v) is 12.7. The van der Waals surface area contributed by atoms with Crippen molar-refractivity contribution in [3.63, 3.8) is 0 Å². The molecule has 3 amide bonds. The van der Waals surface area contributed by atoms with Gasteiger partial charge in [0.15, 0.2) is 6.10 Å². The molecule has 44 heavy (non-hydrogen) atoms. The van der Waals surface area contributed by atoms with Crippen LogP contribution in [-0.2, 0) is 35.7 Å². The van der Waals surface area contributed by atoms with Gasteiger partial charge in [0, 0.05) is 25.7 Å². The number of aryl methyl sites for hydroxylation is 1. The summed E-state index contributed by atoms with van der Waals surface area (Å²) >= 11 is 3.69. The average Bonchev–Trinajstić information content (AvgIpc) is 3.45. The average molecular weight is 656 g/mol. The van der Waals surface area contributed by atoms with E-state index in [9.17, 15) is 19.2 Å². The summed E-state index contributed by atoms with van der Waals surface area (Å²) in [5.41, 5.74) is 5.71. The smallest absolute Gasteiger partial charge is 0.356 e. The van der Waals surface area contributed by atoms with Crippen LogP contribution in [-0.4, -0.2) is 90.0 Å². The zero-order chi connectivity index (χ0) is 31.3. The third kappa shape index (κ3) is 6.47. The molecule has 3 heterocycles. The fourth-order valence-corrected chi connectivity index (χ4v) is 7.76. The zero-order valence-electron chi connectivity index (χ0n) is 23.7. The van der Waals surface area contributed by atoms with E-state index < -0.39 is 40.9 Å². The molecule has 0 aliphatic carbocycles. The van der Waals surface area contributed by atoms with Crippen LogP contribution in [0.3, 0.4) is 0 Å². The molecule has 3 aromatic rings. The van der Waals surface area contributed by atoms with Gasteiger partial charge in [0.05, 0.1) is 11.5 Å². The Bertz CT molecular complexity index is 1530. The van der Waals surface area contributed by atoms with Crippen molar-refractivity contribution < 1.29 is 28.7 Å². The van der Waals surface area contributed by atoms with Gasteiger partial charge in [0.2, 0.25) is 17.0 Å². The first-order valence-corrected chi connectivity index (χ1v) is 16.5. The summed E-state index contributed by atoms with van der Waals surface area (Å²) in [5.74, 6) is -1.88. The highest BCUT2D eigenvalue weighted by atomic mass is 32.2. The summed E-state index contributed by atoms with van der Waals surface area (Å²) in [6, 6.07) is 18.7. The van der Waals surface area contributed by atoms with E-state index >= 15 is 0 Å². The summed E-state index contributed by atoms with van der Waals surface area (Å²) in [6.07, 6.45) is -0.743. The van der Waals surface area contributed by atoms with Crippen molar-refractivity contribution in [3.8, 4) is 0 Å². The van der Waals surface area contributed by atoms with Crippen LogP contribution in [0.25, 0.3) is 0 Å². The molecule has 0 spiro atoms. The van der Waals surface area contributed by atoms with Crippen LogP contribution in [0.4, 0.5) is 0 Å². The van der Waals surface area contributed by atoms with E-state index in [4.69, 9.17) is 15.2 Å². The first kappa shape index (κ1) is 31.6. The highest BCUT2D eigenvalue weighted by Gasteiger charge is 2.66. The number of hydrogen-bond donors (Lipinski definition) is 2. The summed E-state index contributed by atoms with van der Waals surface area (Å²) in [4.78, 5) is 53.1. The molecule has 13 nitrogen and oxygen atoms in total. The summed E-state index contributed by atoms with van der Waals surface area (Å²) < 4.78 is 13.3. The molecule has 230 valence electrons. The van der Waals surface area contributed by atoms with Crippen molar-refractivity contribution in [3.05, 3.63) is 83.1 Å². The Labute approximate surface area is 265 Å². The van der Waals surface area contributed by atoms with E-state index in [1.54, 1.807) is 7.05 Å². The number of rotatable bonds is 13. The number of nitrogens with zero attached hydrogens (tertiary/aromatic N) is 5. The Morgan fingerprint density at radius 2 is 1.77 bits per heavy atom. The number of esters is 1. The quantitative estimate of drug-likeness (QED) is 0.118. The minimum Gasteiger partial charge on any atom is -0.448 e. The number of ether oxygens (including phenoxy) is 2. The summed E-state index contributed by atoms with van der Waals surface area (Å²) in [7, 11) is 3.03. The molecule has 1 aromatic heterocycles. The molecule has 5 rings (SSSR count). The molecule has 0 radical (unpaired) electrons. The van der Waals surface area contributed by atoms with Crippen LogP contribution < -0.4 is 11.1 Å². The monoisotopic (exact) mass is 655 g/mol. The van der Waals surface area contributed by atoms with Crippen molar-refractivity contribution in [1.82, 2.24) is 30.4 Å². The standard InChI is InChI=1S/C28H29N7O6S3/c1-34-27(31-32-33-34)44-14-19-13-43-26-28(40-2,30-21(37)16-42-15-20(29)36)25(39)35(26)22(19)24(38)41-23(17-9-5-3-6-10-17)18-11-7-4-8-12-18/h3-12,23,26H,13-16H2,1-2H3,(H2,29,36)(H,30,37)/t26-,28+/m1/s1. The fourth-order valence-electron chi connectivity index (χ4n) is 4.77. The highest BCUT2D eigenvalue weighted by Crippen LogP contribution is 2.48. The summed E-state index contributed by atoms with van der Waals surface area (Å²) in [5, 5.41) is 14.0. The molecule has 3 N–H and O–H groups in total. The van der Waals surface area contributed by atoms with E-state index in [0.29, 0.717) is 22.2 Å². The van der Waals surface area contributed by atoms with E-state index in [1.807, 2.05) is 60.7 Å². The molecule has 2 atom stereocenters. The van der Waals surface area contributed by atoms with Gasteiger partial charge >= 0.3 is 5.97 Å². The molecule has 2 aliphatic rings. The van der Waals surface area contributed by atoms with Crippen LogP contribution in [0.1, 0.15) is 17.2 Å². The number of tetrazole rings is 1. The lowest BCUT2D eigenvalue weighted by atomic mass is 9.98. The van der Waals surface area contributed by atoms with Crippen molar-refractivity contribution in [2.75, 3.05) is 30.1 Å². The van der Waals surface area contributed by atoms with Crippen molar-refractivity contribution in [2.45, 2.75) is 22.4 Å².